The van der Waals surface area contributed by atoms with Gasteiger partial charge < -0.3 is 20.4 Å². The van der Waals surface area contributed by atoms with Gasteiger partial charge in [0, 0.05) is 57.7 Å². The van der Waals surface area contributed by atoms with Crippen LogP contribution < -0.4 is 15.5 Å². The van der Waals surface area contributed by atoms with E-state index in [1.165, 1.54) is 16.8 Å². The molecule has 4 rings (SSSR count). The fourth-order valence-electron chi connectivity index (χ4n) is 4.58. The van der Waals surface area contributed by atoms with E-state index < -0.39 is 11.8 Å². The average molecular weight is 436 g/mol. The second kappa shape index (κ2) is 10.1. The minimum atomic E-state index is -0.639. The molecule has 0 radical (unpaired) electrons. The van der Waals surface area contributed by atoms with Crippen molar-refractivity contribution >= 4 is 23.2 Å². The van der Waals surface area contributed by atoms with Crippen molar-refractivity contribution in [2.24, 2.45) is 0 Å². The molecule has 1 fully saturated rings. The summed E-state index contributed by atoms with van der Waals surface area (Å²) in [5.41, 5.74) is 4.47. The van der Waals surface area contributed by atoms with Gasteiger partial charge in [0.15, 0.2) is 0 Å². The molecule has 0 unspecified atom stereocenters. The van der Waals surface area contributed by atoms with Gasteiger partial charge in [-0.2, -0.15) is 0 Å². The lowest BCUT2D eigenvalue weighted by Gasteiger charge is -2.39. The molecule has 2 aliphatic rings. The van der Waals surface area contributed by atoms with Crippen LogP contribution in [0.2, 0.25) is 0 Å². The van der Waals surface area contributed by atoms with Gasteiger partial charge in [0.1, 0.15) is 0 Å². The molecule has 2 aromatic carbocycles. The quantitative estimate of drug-likeness (QED) is 0.705. The third-order valence-electron chi connectivity index (χ3n) is 6.51. The molecule has 2 amide bonds. The number of likely N-dealkylation sites (N-methyl/N-ethyl adjacent to an activating group) is 1. The summed E-state index contributed by atoms with van der Waals surface area (Å²) in [6, 6.07) is 15.8. The highest BCUT2D eigenvalue weighted by Crippen LogP contribution is 2.31. The number of amides is 2. The summed E-state index contributed by atoms with van der Waals surface area (Å²) in [4.78, 5) is 31.9. The van der Waals surface area contributed by atoms with Crippen molar-refractivity contribution in [3.8, 4) is 0 Å². The summed E-state index contributed by atoms with van der Waals surface area (Å²) in [6.07, 6.45) is 2.23. The lowest BCUT2D eigenvalue weighted by molar-refractivity contribution is -0.136. The Morgan fingerprint density at radius 2 is 1.69 bits per heavy atom. The molecule has 7 heteroatoms. The molecule has 170 valence electrons. The van der Waals surface area contributed by atoms with Crippen LogP contribution in [0.1, 0.15) is 23.6 Å². The van der Waals surface area contributed by atoms with E-state index in [4.69, 9.17) is 0 Å². The number of benzene rings is 2. The molecule has 0 aliphatic carbocycles. The molecule has 0 bridgehead atoms. The molecule has 0 saturated carbocycles. The van der Waals surface area contributed by atoms with Gasteiger partial charge in [0.05, 0.1) is 6.04 Å². The molecule has 0 spiro atoms. The molecule has 7 nitrogen and oxygen atoms in total. The standard InChI is InChI=1S/C25H33N5O2/c1-28-13-15-30(16-14-28)23(20-10-11-22-19(17-20)7-6-12-29(22)2)18-26-24(31)25(32)27-21-8-4-3-5-9-21/h3-5,8-11,17,23H,6-7,12-16,18H2,1-2H3,(H,26,31)(H,27,32)/t23-/m1/s1. The molecule has 32 heavy (non-hydrogen) atoms. The molecular weight excluding hydrogens is 402 g/mol. The van der Waals surface area contributed by atoms with Gasteiger partial charge in [-0.05, 0) is 49.2 Å². The number of hydrogen-bond acceptors (Lipinski definition) is 5. The van der Waals surface area contributed by atoms with Crippen LogP contribution in [0.25, 0.3) is 0 Å². The van der Waals surface area contributed by atoms with Crippen LogP contribution in [0, 0.1) is 0 Å². The van der Waals surface area contributed by atoms with Crippen LogP contribution in [0.3, 0.4) is 0 Å². The third-order valence-corrected chi connectivity index (χ3v) is 6.51. The number of para-hydroxylation sites is 1. The second-order valence-corrected chi connectivity index (χ2v) is 8.80. The third kappa shape index (κ3) is 5.29. The van der Waals surface area contributed by atoms with Crippen LogP contribution in [-0.4, -0.2) is 75.0 Å². The van der Waals surface area contributed by atoms with Crippen LogP contribution in [0.5, 0.6) is 0 Å². The van der Waals surface area contributed by atoms with E-state index in [0.717, 1.165) is 45.6 Å². The fraction of sp³-hybridized carbons (Fsp3) is 0.440. The van der Waals surface area contributed by atoms with E-state index >= 15 is 0 Å². The number of carbonyl (C=O) groups is 2. The highest BCUT2D eigenvalue weighted by molar-refractivity contribution is 6.39. The number of rotatable bonds is 5. The molecular formula is C25H33N5O2. The van der Waals surface area contributed by atoms with Crippen molar-refractivity contribution in [3.63, 3.8) is 0 Å². The van der Waals surface area contributed by atoms with Crippen LogP contribution >= 0.6 is 0 Å². The number of nitrogens with one attached hydrogen (secondary N) is 2. The minimum absolute atomic E-state index is 0.0368. The van der Waals surface area contributed by atoms with E-state index in [2.05, 4.69) is 57.6 Å². The molecule has 2 aliphatic heterocycles. The zero-order chi connectivity index (χ0) is 22.5. The highest BCUT2D eigenvalue weighted by atomic mass is 16.2. The molecule has 1 saturated heterocycles. The van der Waals surface area contributed by atoms with Crippen molar-refractivity contribution in [2.45, 2.75) is 18.9 Å². The maximum absolute atomic E-state index is 12.5. The summed E-state index contributed by atoms with van der Waals surface area (Å²) in [5.74, 6) is -1.24. The molecule has 2 N–H and O–H groups in total. The Labute approximate surface area is 190 Å². The molecule has 2 aromatic rings. The number of piperazine rings is 1. The van der Waals surface area contributed by atoms with Crippen molar-refractivity contribution in [3.05, 3.63) is 59.7 Å². The van der Waals surface area contributed by atoms with Gasteiger partial charge in [-0.1, -0.05) is 30.3 Å². The first-order valence-electron chi connectivity index (χ1n) is 11.4. The van der Waals surface area contributed by atoms with E-state index in [1.807, 2.05) is 18.2 Å². The fourth-order valence-corrected chi connectivity index (χ4v) is 4.58. The number of hydrogen-bond donors (Lipinski definition) is 2. The summed E-state index contributed by atoms with van der Waals surface area (Å²) < 4.78 is 0. The maximum Gasteiger partial charge on any atom is 0.313 e. The van der Waals surface area contributed by atoms with Gasteiger partial charge in [-0.15, -0.1) is 0 Å². The predicted octanol–water partition coefficient (Wildman–Crippen LogP) is 2.11. The first-order chi connectivity index (χ1) is 15.5. The van der Waals surface area contributed by atoms with Crippen molar-refractivity contribution in [2.75, 3.05) is 63.6 Å². The number of fused-ring (bicyclic) bond motifs is 1. The topological polar surface area (TPSA) is 67.9 Å². The number of carbonyl (C=O) groups excluding carboxylic acids is 2. The Morgan fingerprint density at radius 1 is 0.938 bits per heavy atom. The lowest BCUT2D eigenvalue weighted by atomic mass is 9.95. The Morgan fingerprint density at radius 3 is 2.44 bits per heavy atom. The molecule has 0 aromatic heterocycles. The number of nitrogens with zero attached hydrogens (tertiary/aromatic N) is 3. The number of aryl methyl sites for hydroxylation is 1. The summed E-state index contributed by atoms with van der Waals surface area (Å²) in [7, 11) is 4.28. The van der Waals surface area contributed by atoms with Crippen LogP contribution in [0.15, 0.2) is 48.5 Å². The smallest absolute Gasteiger partial charge is 0.313 e. The summed E-state index contributed by atoms with van der Waals surface area (Å²) in [6.45, 7) is 5.34. The Kier molecular flexibility index (Phi) is 7.07. The Balaban J connectivity index is 1.47. The van der Waals surface area contributed by atoms with Gasteiger partial charge in [0.2, 0.25) is 0 Å². The van der Waals surface area contributed by atoms with Crippen LogP contribution in [0.4, 0.5) is 11.4 Å². The zero-order valence-corrected chi connectivity index (χ0v) is 19.0. The van der Waals surface area contributed by atoms with E-state index in [9.17, 15) is 9.59 Å². The first-order valence-corrected chi connectivity index (χ1v) is 11.4. The van der Waals surface area contributed by atoms with Gasteiger partial charge >= 0.3 is 11.8 Å². The molecule has 2 heterocycles. The van der Waals surface area contributed by atoms with Crippen molar-refractivity contribution in [1.82, 2.24) is 15.1 Å². The minimum Gasteiger partial charge on any atom is -0.374 e. The second-order valence-electron chi connectivity index (χ2n) is 8.80. The van der Waals surface area contributed by atoms with Crippen molar-refractivity contribution < 1.29 is 9.59 Å². The normalized spacial score (nSPS) is 18.0. The van der Waals surface area contributed by atoms with E-state index in [-0.39, 0.29) is 6.04 Å². The zero-order valence-electron chi connectivity index (χ0n) is 19.0. The Hall–Kier alpha value is -2.90. The lowest BCUT2D eigenvalue weighted by Crippen LogP contribution is -2.49. The summed E-state index contributed by atoms with van der Waals surface area (Å²) >= 11 is 0. The van der Waals surface area contributed by atoms with Crippen LogP contribution in [-0.2, 0) is 16.0 Å². The van der Waals surface area contributed by atoms with Gasteiger partial charge in [-0.3, -0.25) is 14.5 Å². The van der Waals surface area contributed by atoms with E-state index in [0.29, 0.717) is 12.2 Å². The number of anilines is 2. The molecule has 1 atom stereocenters. The maximum atomic E-state index is 12.5. The predicted molar refractivity (Wildman–Crippen MR) is 128 cm³/mol. The summed E-state index contributed by atoms with van der Waals surface area (Å²) in [5, 5.41) is 5.54. The first kappa shape index (κ1) is 22.3. The Bertz CT molecular complexity index is 941. The van der Waals surface area contributed by atoms with E-state index in [1.54, 1.807) is 12.1 Å². The van der Waals surface area contributed by atoms with Crippen molar-refractivity contribution in [1.29, 1.82) is 0 Å². The monoisotopic (exact) mass is 435 g/mol. The average Bonchev–Trinajstić information content (AvgIpc) is 2.81. The highest BCUT2D eigenvalue weighted by Gasteiger charge is 2.27. The largest absolute Gasteiger partial charge is 0.374 e. The SMILES string of the molecule is CN1CCN([C@H](CNC(=O)C(=O)Nc2ccccc2)c2ccc3c(c2)CCCN3C)CC1. The van der Waals surface area contributed by atoms with Gasteiger partial charge in [-0.25, -0.2) is 0 Å². The van der Waals surface area contributed by atoms with Gasteiger partial charge in [0.25, 0.3) is 0 Å².